The van der Waals surface area contributed by atoms with Crippen LogP contribution >= 0.6 is 0 Å². The van der Waals surface area contributed by atoms with E-state index >= 15 is 0 Å². The van der Waals surface area contributed by atoms with Crippen LogP contribution in [0.1, 0.15) is 37.3 Å². The zero-order valence-corrected chi connectivity index (χ0v) is 21.4. The van der Waals surface area contributed by atoms with Gasteiger partial charge in [-0.25, -0.2) is 0 Å². The predicted octanol–water partition coefficient (Wildman–Crippen LogP) is 6.00. The summed E-state index contributed by atoms with van der Waals surface area (Å²) in [6.45, 7) is 10.2. The second-order valence-corrected chi connectivity index (χ2v) is 8.99. The van der Waals surface area contributed by atoms with Gasteiger partial charge in [0, 0.05) is 50.6 Å². The van der Waals surface area contributed by atoms with E-state index in [9.17, 15) is 15.2 Å². The standard InChI is InChI=1S/C30H37N3O3/c1-4-6-9-24(8-5-2)29(10-7-23-34)30(26-13-17-28(18-14-26)33(35)36)25-11-15-27(16-12-25)32-21-19-31(3)20-22-32/h5-6,8-9,11-18,34H,2,4,7,10,19-23H2,1,3H3/b9-6-,24-8+,30-29+. The molecule has 3 rings (SSSR count). The molecule has 0 spiro atoms. The Kier molecular flexibility index (Phi) is 10.2. The van der Waals surface area contributed by atoms with Crippen molar-refractivity contribution in [3.05, 3.63) is 112 Å². The molecular weight excluding hydrogens is 450 g/mol. The Labute approximate surface area is 214 Å². The largest absolute Gasteiger partial charge is 0.396 e. The Balaban J connectivity index is 2.16. The monoisotopic (exact) mass is 487 g/mol. The molecule has 36 heavy (non-hydrogen) atoms. The van der Waals surface area contributed by atoms with E-state index in [1.54, 1.807) is 18.2 Å². The van der Waals surface area contributed by atoms with E-state index in [0.29, 0.717) is 12.8 Å². The molecule has 0 aromatic heterocycles. The first-order valence-corrected chi connectivity index (χ1v) is 12.6. The molecule has 0 aliphatic carbocycles. The molecule has 1 saturated heterocycles. The predicted molar refractivity (Wildman–Crippen MR) is 149 cm³/mol. The number of aliphatic hydroxyl groups excluding tert-OH is 1. The fourth-order valence-electron chi connectivity index (χ4n) is 4.47. The van der Waals surface area contributed by atoms with Gasteiger partial charge in [0.15, 0.2) is 0 Å². The van der Waals surface area contributed by atoms with Gasteiger partial charge < -0.3 is 14.9 Å². The lowest BCUT2D eigenvalue weighted by molar-refractivity contribution is -0.384. The number of anilines is 1. The topological polar surface area (TPSA) is 69.8 Å². The summed E-state index contributed by atoms with van der Waals surface area (Å²) in [7, 11) is 2.15. The van der Waals surface area contributed by atoms with E-state index < -0.39 is 0 Å². The summed E-state index contributed by atoms with van der Waals surface area (Å²) in [5.41, 5.74) is 6.31. The van der Waals surface area contributed by atoms with E-state index in [1.807, 2.05) is 18.2 Å². The van der Waals surface area contributed by atoms with Gasteiger partial charge in [0.2, 0.25) is 0 Å². The van der Waals surface area contributed by atoms with Gasteiger partial charge in [-0.3, -0.25) is 10.1 Å². The molecule has 2 aromatic rings. The molecule has 0 bridgehead atoms. The van der Waals surface area contributed by atoms with Crippen molar-refractivity contribution in [3.63, 3.8) is 0 Å². The fourth-order valence-corrected chi connectivity index (χ4v) is 4.47. The average Bonchev–Trinajstić information content (AvgIpc) is 2.90. The van der Waals surface area contributed by atoms with Crippen LogP contribution in [0.4, 0.5) is 11.4 Å². The summed E-state index contributed by atoms with van der Waals surface area (Å²) in [4.78, 5) is 15.6. The fraction of sp³-hybridized carbons (Fsp3) is 0.333. The van der Waals surface area contributed by atoms with Gasteiger partial charge in [-0.2, -0.15) is 0 Å². The summed E-state index contributed by atoms with van der Waals surface area (Å²) in [6.07, 6.45) is 10.1. The molecule has 1 aliphatic heterocycles. The Hall–Kier alpha value is -3.48. The van der Waals surface area contributed by atoms with Crippen LogP contribution in [0.2, 0.25) is 0 Å². The lowest BCUT2D eigenvalue weighted by atomic mass is 9.86. The Morgan fingerprint density at radius 3 is 2.19 bits per heavy atom. The number of non-ortho nitro benzene ring substituents is 1. The number of rotatable bonds is 11. The van der Waals surface area contributed by atoms with E-state index in [1.165, 1.54) is 5.69 Å². The number of nitro groups is 1. The van der Waals surface area contributed by atoms with Crippen molar-refractivity contribution < 1.29 is 10.0 Å². The SMILES string of the molecule is C=C/C=C(\C=C/CC)C(/CCCO)=C(\c1ccc(N2CCN(C)CC2)cc1)c1ccc([N+](=O)[O-])cc1. The van der Waals surface area contributed by atoms with Crippen molar-refractivity contribution >= 4 is 16.9 Å². The molecule has 0 saturated carbocycles. The molecule has 0 radical (unpaired) electrons. The molecule has 0 amide bonds. The molecule has 6 nitrogen and oxygen atoms in total. The van der Waals surface area contributed by atoms with E-state index in [2.05, 4.69) is 66.8 Å². The van der Waals surface area contributed by atoms with Gasteiger partial charge in [0.25, 0.3) is 5.69 Å². The first-order valence-electron chi connectivity index (χ1n) is 12.6. The van der Waals surface area contributed by atoms with Gasteiger partial charge in [-0.15, -0.1) is 0 Å². The lowest BCUT2D eigenvalue weighted by Crippen LogP contribution is -2.44. The number of nitro benzene ring substituents is 1. The van der Waals surface area contributed by atoms with Crippen molar-refractivity contribution in [3.8, 4) is 0 Å². The first-order chi connectivity index (χ1) is 17.5. The number of benzene rings is 2. The summed E-state index contributed by atoms with van der Waals surface area (Å²) >= 11 is 0. The highest BCUT2D eigenvalue weighted by atomic mass is 16.6. The first kappa shape index (κ1) is 27.1. The number of piperazine rings is 1. The molecule has 1 N–H and O–H groups in total. The molecule has 0 atom stereocenters. The Morgan fingerprint density at radius 1 is 1.06 bits per heavy atom. The van der Waals surface area contributed by atoms with Gasteiger partial charge in [-0.1, -0.05) is 49.9 Å². The van der Waals surface area contributed by atoms with Crippen LogP contribution in [0.15, 0.2) is 90.6 Å². The quantitative estimate of drug-likeness (QED) is 0.239. The molecule has 6 heteroatoms. The summed E-state index contributed by atoms with van der Waals surface area (Å²) in [5, 5.41) is 20.9. The highest BCUT2D eigenvalue weighted by Gasteiger charge is 2.18. The third kappa shape index (κ3) is 7.03. The molecular formula is C30H37N3O3. The third-order valence-electron chi connectivity index (χ3n) is 6.46. The second-order valence-electron chi connectivity index (χ2n) is 8.99. The maximum atomic E-state index is 11.3. The Morgan fingerprint density at radius 2 is 1.67 bits per heavy atom. The number of nitrogens with zero attached hydrogens (tertiary/aromatic N) is 3. The molecule has 1 fully saturated rings. The van der Waals surface area contributed by atoms with Gasteiger partial charge in [0.05, 0.1) is 4.92 Å². The van der Waals surface area contributed by atoms with Crippen molar-refractivity contribution in [2.75, 3.05) is 44.7 Å². The zero-order valence-electron chi connectivity index (χ0n) is 21.4. The van der Waals surface area contributed by atoms with Crippen LogP contribution < -0.4 is 4.90 Å². The van der Waals surface area contributed by atoms with Gasteiger partial charge >= 0.3 is 0 Å². The van der Waals surface area contributed by atoms with Crippen molar-refractivity contribution in [2.24, 2.45) is 0 Å². The highest BCUT2D eigenvalue weighted by Crippen LogP contribution is 2.35. The average molecular weight is 488 g/mol. The maximum Gasteiger partial charge on any atom is 0.269 e. The highest BCUT2D eigenvalue weighted by molar-refractivity contribution is 5.86. The summed E-state index contributed by atoms with van der Waals surface area (Å²) in [6, 6.07) is 15.3. The van der Waals surface area contributed by atoms with Crippen LogP contribution in [0.5, 0.6) is 0 Å². The molecule has 1 heterocycles. The third-order valence-corrected chi connectivity index (χ3v) is 6.46. The minimum absolute atomic E-state index is 0.0631. The number of aliphatic hydroxyl groups is 1. The van der Waals surface area contributed by atoms with Crippen molar-refractivity contribution in [1.82, 2.24) is 4.90 Å². The molecule has 0 unspecified atom stereocenters. The van der Waals surface area contributed by atoms with Crippen LogP contribution in [0.3, 0.4) is 0 Å². The van der Waals surface area contributed by atoms with Crippen molar-refractivity contribution in [1.29, 1.82) is 0 Å². The molecule has 190 valence electrons. The summed E-state index contributed by atoms with van der Waals surface area (Å²) in [5.74, 6) is 0. The van der Waals surface area contributed by atoms with Gasteiger partial charge in [-0.05, 0) is 78.4 Å². The van der Waals surface area contributed by atoms with Gasteiger partial charge in [0.1, 0.15) is 0 Å². The van der Waals surface area contributed by atoms with Crippen LogP contribution in [-0.2, 0) is 0 Å². The Bertz CT molecular complexity index is 1110. The number of hydrogen-bond acceptors (Lipinski definition) is 5. The normalized spacial score (nSPS) is 15.8. The van der Waals surface area contributed by atoms with Crippen LogP contribution in [-0.4, -0.2) is 54.8 Å². The van der Waals surface area contributed by atoms with Crippen LogP contribution in [0, 0.1) is 10.1 Å². The number of likely N-dealkylation sites (N-methyl/N-ethyl adjacent to an activating group) is 1. The minimum Gasteiger partial charge on any atom is -0.396 e. The lowest BCUT2D eigenvalue weighted by Gasteiger charge is -2.34. The van der Waals surface area contributed by atoms with E-state index in [-0.39, 0.29) is 17.2 Å². The second kappa shape index (κ2) is 13.6. The minimum atomic E-state index is -0.377. The number of hydrogen-bond donors (Lipinski definition) is 1. The van der Waals surface area contributed by atoms with Crippen LogP contribution in [0.25, 0.3) is 5.57 Å². The summed E-state index contributed by atoms with van der Waals surface area (Å²) < 4.78 is 0. The number of allylic oxidation sites excluding steroid dienone is 6. The molecule has 2 aromatic carbocycles. The van der Waals surface area contributed by atoms with Crippen molar-refractivity contribution in [2.45, 2.75) is 26.2 Å². The maximum absolute atomic E-state index is 11.3. The molecule has 1 aliphatic rings. The zero-order chi connectivity index (χ0) is 25.9. The van der Waals surface area contributed by atoms with E-state index in [0.717, 1.165) is 60.4 Å². The smallest absolute Gasteiger partial charge is 0.269 e. The van der Waals surface area contributed by atoms with E-state index in [4.69, 9.17) is 0 Å².